The van der Waals surface area contributed by atoms with E-state index in [0.717, 1.165) is 4.48 Å². The van der Waals surface area contributed by atoms with E-state index in [0.29, 0.717) is 0 Å². The summed E-state index contributed by atoms with van der Waals surface area (Å²) in [4.78, 5) is 0. The van der Waals surface area contributed by atoms with E-state index in [1.165, 1.54) is 0 Å². The summed E-state index contributed by atoms with van der Waals surface area (Å²) in [7, 11) is 8.50. The summed E-state index contributed by atoms with van der Waals surface area (Å²) in [6.07, 6.45) is -0.167. The standard InChI is InChI=1S/C4H12N.C3H8O.H2O/c1-5(2,3)4;1-3(2)4;/h1-4H3;3-4H,1-2H3;1H2/q+1;;/p-1. The average molecular weight is 151 g/mol. The minimum atomic E-state index is -0.167. The Kier molecular flexibility index (Phi) is 11.5. The maximum absolute atomic E-state index is 8.06. The maximum atomic E-state index is 8.06. The van der Waals surface area contributed by atoms with Crippen LogP contribution in [-0.4, -0.2) is 49.4 Å². The Bertz CT molecular complexity index is 48.4. The Labute approximate surface area is 64.2 Å². The van der Waals surface area contributed by atoms with Crippen molar-refractivity contribution in [3.8, 4) is 0 Å². The number of nitrogens with zero attached hydrogens (tertiary/aromatic N) is 1. The molecule has 0 aliphatic rings. The molecule has 66 valence electrons. The molecule has 3 nitrogen and oxygen atoms in total. The van der Waals surface area contributed by atoms with Gasteiger partial charge in [-0.25, -0.2) is 0 Å². The summed E-state index contributed by atoms with van der Waals surface area (Å²) < 4.78 is 1.00. The van der Waals surface area contributed by atoms with E-state index < -0.39 is 0 Å². The third-order valence-electron chi connectivity index (χ3n) is 0. The second kappa shape index (κ2) is 6.99. The topological polar surface area (TPSA) is 50.2 Å². The molecule has 0 fully saturated rings. The third kappa shape index (κ3) is 25900. The number of rotatable bonds is 0. The van der Waals surface area contributed by atoms with Gasteiger partial charge in [0.25, 0.3) is 0 Å². The quantitative estimate of drug-likeness (QED) is 0.513. The SMILES string of the molecule is CC(C)O.C[N+](C)(C)C.[OH-]. The van der Waals surface area contributed by atoms with E-state index in [-0.39, 0.29) is 11.6 Å². The van der Waals surface area contributed by atoms with Gasteiger partial charge in [0.05, 0.1) is 28.2 Å². The summed E-state index contributed by atoms with van der Waals surface area (Å²) in [6, 6.07) is 0. The molecule has 3 heteroatoms. The molecule has 0 radical (unpaired) electrons. The molecule has 0 aromatic rings. The highest BCUT2D eigenvalue weighted by molar-refractivity contribution is 4.20. The Morgan fingerprint density at radius 1 is 1.00 bits per heavy atom. The zero-order valence-electron chi connectivity index (χ0n) is 7.92. The Hall–Kier alpha value is -0.120. The van der Waals surface area contributed by atoms with Crippen molar-refractivity contribution >= 4 is 0 Å². The van der Waals surface area contributed by atoms with Gasteiger partial charge in [-0.2, -0.15) is 0 Å². The van der Waals surface area contributed by atoms with E-state index in [9.17, 15) is 0 Å². The highest BCUT2D eigenvalue weighted by Gasteiger charge is 1.88. The predicted octanol–water partition coefficient (Wildman–Crippen LogP) is 0.533. The zero-order valence-corrected chi connectivity index (χ0v) is 7.92. The summed E-state index contributed by atoms with van der Waals surface area (Å²) in [5.74, 6) is 0. The average Bonchev–Trinajstić information content (AvgIpc) is 1.19. The van der Waals surface area contributed by atoms with Gasteiger partial charge in [0.1, 0.15) is 0 Å². The van der Waals surface area contributed by atoms with Crippen molar-refractivity contribution in [1.29, 1.82) is 0 Å². The normalized spacial score (nSPS) is 9.60. The number of hydrogen-bond acceptors (Lipinski definition) is 2. The molecule has 0 saturated carbocycles. The van der Waals surface area contributed by atoms with Crippen LogP contribution in [0.15, 0.2) is 0 Å². The van der Waals surface area contributed by atoms with Crippen LogP contribution in [-0.2, 0) is 0 Å². The number of aliphatic hydroxyl groups is 1. The Morgan fingerprint density at radius 3 is 1.00 bits per heavy atom. The minimum absolute atomic E-state index is 0. The maximum Gasteiger partial charge on any atom is 0.0675 e. The van der Waals surface area contributed by atoms with Gasteiger partial charge in [-0.05, 0) is 13.8 Å². The highest BCUT2D eigenvalue weighted by atomic mass is 16.3. The first kappa shape index (κ1) is 16.5. The molecular weight excluding hydrogens is 130 g/mol. The summed E-state index contributed by atoms with van der Waals surface area (Å²) >= 11 is 0. The summed E-state index contributed by atoms with van der Waals surface area (Å²) in [5, 5.41) is 8.06. The Morgan fingerprint density at radius 2 is 1.00 bits per heavy atom. The molecule has 0 aromatic heterocycles. The largest absolute Gasteiger partial charge is 0.870 e. The molecule has 0 aromatic carbocycles. The van der Waals surface area contributed by atoms with Gasteiger partial charge in [-0.1, -0.05) is 0 Å². The van der Waals surface area contributed by atoms with Crippen LogP contribution in [0.2, 0.25) is 0 Å². The van der Waals surface area contributed by atoms with Gasteiger partial charge >= 0.3 is 0 Å². The van der Waals surface area contributed by atoms with Gasteiger partial charge in [-0.15, -0.1) is 0 Å². The number of hydrogen-bond donors (Lipinski definition) is 1. The summed E-state index contributed by atoms with van der Waals surface area (Å²) in [6.45, 7) is 3.44. The molecule has 0 aliphatic heterocycles. The zero-order chi connectivity index (χ0) is 8.08. The minimum Gasteiger partial charge on any atom is -0.870 e. The van der Waals surface area contributed by atoms with E-state index in [4.69, 9.17) is 5.11 Å². The molecule has 0 bridgehead atoms. The second-order valence-corrected chi connectivity index (χ2v) is 3.78. The number of aliphatic hydroxyl groups excluding tert-OH is 1. The van der Waals surface area contributed by atoms with Crippen molar-refractivity contribution in [1.82, 2.24) is 0 Å². The van der Waals surface area contributed by atoms with Gasteiger partial charge < -0.3 is 15.1 Å². The fraction of sp³-hybridized carbons (Fsp3) is 1.00. The van der Waals surface area contributed by atoms with Crippen LogP contribution in [0.4, 0.5) is 0 Å². The molecule has 0 spiro atoms. The first-order chi connectivity index (χ1) is 3.73. The van der Waals surface area contributed by atoms with Crippen LogP contribution < -0.4 is 0 Å². The second-order valence-electron chi connectivity index (χ2n) is 3.78. The van der Waals surface area contributed by atoms with Crippen LogP contribution in [0.5, 0.6) is 0 Å². The molecule has 0 heterocycles. The van der Waals surface area contributed by atoms with Gasteiger partial charge in [-0.3, -0.25) is 0 Å². The van der Waals surface area contributed by atoms with Crippen LogP contribution in [0.3, 0.4) is 0 Å². The first-order valence-electron chi connectivity index (χ1n) is 3.20. The smallest absolute Gasteiger partial charge is 0.0675 e. The van der Waals surface area contributed by atoms with Crippen molar-refractivity contribution < 1.29 is 15.1 Å². The monoisotopic (exact) mass is 151 g/mol. The van der Waals surface area contributed by atoms with Crippen LogP contribution in [0.25, 0.3) is 0 Å². The van der Waals surface area contributed by atoms with Crippen molar-refractivity contribution in [3.63, 3.8) is 0 Å². The van der Waals surface area contributed by atoms with Crippen LogP contribution in [0, 0.1) is 0 Å². The van der Waals surface area contributed by atoms with Crippen molar-refractivity contribution in [2.75, 3.05) is 28.2 Å². The molecule has 0 aliphatic carbocycles. The molecule has 0 atom stereocenters. The fourth-order valence-electron chi connectivity index (χ4n) is 0. The lowest BCUT2D eigenvalue weighted by Crippen LogP contribution is -2.27. The molecule has 0 unspecified atom stereocenters. The third-order valence-corrected chi connectivity index (χ3v) is 0. The molecule has 0 saturated heterocycles. The van der Waals surface area contributed by atoms with Crippen molar-refractivity contribution in [3.05, 3.63) is 0 Å². The molecule has 2 N–H and O–H groups in total. The first-order valence-corrected chi connectivity index (χ1v) is 3.20. The molecule has 0 rings (SSSR count). The highest BCUT2D eigenvalue weighted by Crippen LogP contribution is 1.73. The van der Waals surface area contributed by atoms with E-state index in [1.807, 2.05) is 0 Å². The lowest BCUT2D eigenvalue weighted by molar-refractivity contribution is -0.849. The van der Waals surface area contributed by atoms with Gasteiger partial charge in [0, 0.05) is 6.10 Å². The van der Waals surface area contributed by atoms with Crippen molar-refractivity contribution in [2.24, 2.45) is 0 Å². The molecular formula is C7H21NO2. The Balaban J connectivity index is -0.0000000910. The van der Waals surface area contributed by atoms with E-state index in [2.05, 4.69) is 28.2 Å². The lowest BCUT2D eigenvalue weighted by atomic mass is 10.5. The van der Waals surface area contributed by atoms with Gasteiger partial charge in [0.15, 0.2) is 0 Å². The van der Waals surface area contributed by atoms with Crippen LogP contribution in [0.1, 0.15) is 13.8 Å². The molecule has 0 amide bonds. The van der Waals surface area contributed by atoms with E-state index >= 15 is 0 Å². The van der Waals surface area contributed by atoms with Crippen molar-refractivity contribution in [2.45, 2.75) is 20.0 Å². The fourth-order valence-corrected chi connectivity index (χ4v) is 0. The number of quaternary nitrogens is 1. The van der Waals surface area contributed by atoms with Gasteiger partial charge in [0.2, 0.25) is 0 Å². The van der Waals surface area contributed by atoms with E-state index in [1.54, 1.807) is 13.8 Å². The summed E-state index contributed by atoms with van der Waals surface area (Å²) in [5.41, 5.74) is 0. The molecule has 10 heavy (non-hydrogen) atoms. The van der Waals surface area contributed by atoms with Crippen LogP contribution >= 0.6 is 0 Å². The predicted molar refractivity (Wildman–Crippen MR) is 43.2 cm³/mol. The lowest BCUT2D eigenvalue weighted by Gasteiger charge is -2.14.